The number of ether oxygens (including phenoxy) is 1. The average Bonchev–Trinajstić information content (AvgIpc) is 2.86. The molecule has 0 fully saturated rings. The number of nitrogens with zero attached hydrogens (tertiary/aromatic N) is 2. The average molecular weight is 162 g/mol. The van der Waals surface area contributed by atoms with Crippen molar-refractivity contribution < 1.29 is 4.74 Å². The monoisotopic (exact) mass is 162 g/mol. The first-order valence-corrected chi connectivity index (χ1v) is 3.83. The third kappa shape index (κ3) is 1.02. The lowest BCUT2D eigenvalue weighted by molar-refractivity contribution is 0.0618. The lowest BCUT2D eigenvalue weighted by Crippen LogP contribution is -2.10. The summed E-state index contributed by atoms with van der Waals surface area (Å²) >= 11 is 0. The molecule has 62 valence electrons. The number of benzene rings is 1. The molecule has 3 nitrogen and oxygen atoms in total. The Balaban J connectivity index is 2.30. The Morgan fingerprint density at radius 2 is 1.75 bits per heavy atom. The van der Waals surface area contributed by atoms with Gasteiger partial charge in [-0.15, -0.1) is 10.2 Å². The minimum absolute atomic E-state index is 0.673. The molecule has 0 spiro atoms. The molecule has 0 saturated heterocycles. The molecular formula is C9H10N2O. The highest BCUT2D eigenvalue weighted by molar-refractivity contribution is 5.27. The Morgan fingerprint density at radius 3 is 2.17 bits per heavy atom. The van der Waals surface area contributed by atoms with E-state index in [2.05, 4.69) is 10.2 Å². The molecule has 0 aromatic heterocycles. The quantitative estimate of drug-likeness (QED) is 0.656. The molecule has 0 aliphatic carbocycles. The van der Waals surface area contributed by atoms with Crippen LogP contribution in [-0.2, 0) is 10.6 Å². The summed E-state index contributed by atoms with van der Waals surface area (Å²) in [5.74, 6) is -0.673. The number of hydrogen-bond donors (Lipinski definition) is 0. The molecule has 1 aliphatic rings. The number of aryl methyl sites for hydroxylation is 1. The van der Waals surface area contributed by atoms with Crippen LogP contribution in [0.5, 0.6) is 0 Å². The topological polar surface area (TPSA) is 34.0 Å². The van der Waals surface area contributed by atoms with Gasteiger partial charge in [-0.25, -0.2) is 0 Å². The molecule has 1 aromatic carbocycles. The molecule has 0 radical (unpaired) electrons. The highest BCUT2D eigenvalue weighted by Crippen LogP contribution is 2.39. The van der Waals surface area contributed by atoms with Crippen molar-refractivity contribution in [2.75, 3.05) is 7.11 Å². The third-order valence-electron chi connectivity index (χ3n) is 1.99. The summed E-state index contributed by atoms with van der Waals surface area (Å²) in [7, 11) is 1.61. The van der Waals surface area contributed by atoms with Gasteiger partial charge < -0.3 is 4.74 Å². The second-order valence-corrected chi connectivity index (χ2v) is 2.88. The van der Waals surface area contributed by atoms with E-state index in [1.807, 2.05) is 31.2 Å². The van der Waals surface area contributed by atoms with Crippen LogP contribution in [0.4, 0.5) is 0 Å². The summed E-state index contributed by atoms with van der Waals surface area (Å²) in [6, 6.07) is 8.02. The number of hydrogen-bond acceptors (Lipinski definition) is 3. The van der Waals surface area contributed by atoms with Crippen LogP contribution in [0.2, 0.25) is 0 Å². The van der Waals surface area contributed by atoms with Crippen LogP contribution in [0.25, 0.3) is 0 Å². The van der Waals surface area contributed by atoms with Crippen LogP contribution in [0.15, 0.2) is 34.5 Å². The van der Waals surface area contributed by atoms with Crippen molar-refractivity contribution in [1.82, 2.24) is 0 Å². The second-order valence-electron chi connectivity index (χ2n) is 2.88. The molecule has 0 amide bonds. The first kappa shape index (κ1) is 7.43. The van der Waals surface area contributed by atoms with Gasteiger partial charge in [0.05, 0.1) is 0 Å². The van der Waals surface area contributed by atoms with Gasteiger partial charge in [0.15, 0.2) is 0 Å². The van der Waals surface area contributed by atoms with Crippen molar-refractivity contribution in [3.05, 3.63) is 35.4 Å². The van der Waals surface area contributed by atoms with Gasteiger partial charge in [-0.2, -0.15) is 0 Å². The second kappa shape index (κ2) is 2.38. The van der Waals surface area contributed by atoms with Crippen LogP contribution in [0, 0.1) is 6.92 Å². The van der Waals surface area contributed by atoms with Crippen LogP contribution < -0.4 is 0 Å². The molecule has 0 N–H and O–H groups in total. The Morgan fingerprint density at radius 1 is 1.17 bits per heavy atom. The SMILES string of the molecule is COC1(c2ccc(C)cc2)N=N1. The molecule has 12 heavy (non-hydrogen) atoms. The predicted molar refractivity (Wildman–Crippen MR) is 44.7 cm³/mol. The van der Waals surface area contributed by atoms with E-state index in [-0.39, 0.29) is 0 Å². The smallest absolute Gasteiger partial charge is 0.320 e. The minimum Gasteiger partial charge on any atom is -0.333 e. The zero-order valence-corrected chi connectivity index (χ0v) is 7.11. The van der Waals surface area contributed by atoms with Gasteiger partial charge in [0.25, 0.3) is 0 Å². The standard InChI is InChI=1S/C9H10N2O/c1-7-3-5-8(6-4-7)9(12-2)10-11-9/h3-6H,1-2H3. The molecular weight excluding hydrogens is 152 g/mol. The van der Waals surface area contributed by atoms with Gasteiger partial charge in [0, 0.05) is 12.7 Å². The van der Waals surface area contributed by atoms with Crippen molar-refractivity contribution in [2.45, 2.75) is 12.8 Å². The van der Waals surface area contributed by atoms with E-state index >= 15 is 0 Å². The van der Waals surface area contributed by atoms with E-state index in [9.17, 15) is 0 Å². The molecule has 1 aliphatic heterocycles. The van der Waals surface area contributed by atoms with Gasteiger partial charge >= 0.3 is 5.85 Å². The largest absolute Gasteiger partial charge is 0.333 e. The maximum Gasteiger partial charge on any atom is 0.320 e. The Kier molecular flexibility index (Phi) is 1.48. The minimum atomic E-state index is -0.673. The van der Waals surface area contributed by atoms with Crippen LogP contribution in [0.1, 0.15) is 11.1 Å². The molecule has 1 aromatic rings. The van der Waals surface area contributed by atoms with E-state index in [0.717, 1.165) is 5.56 Å². The summed E-state index contributed by atoms with van der Waals surface area (Å²) in [5.41, 5.74) is 2.22. The zero-order chi connectivity index (χ0) is 8.60. The highest BCUT2D eigenvalue weighted by atomic mass is 16.5. The van der Waals surface area contributed by atoms with Gasteiger partial charge in [-0.3, -0.25) is 0 Å². The lowest BCUT2D eigenvalue weighted by atomic mass is 10.1. The number of rotatable bonds is 2. The fraction of sp³-hybridized carbons (Fsp3) is 0.333. The molecule has 0 atom stereocenters. The van der Waals surface area contributed by atoms with Crippen molar-refractivity contribution in [3.63, 3.8) is 0 Å². The molecule has 3 heteroatoms. The molecule has 2 rings (SSSR count). The first-order valence-electron chi connectivity index (χ1n) is 3.83. The predicted octanol–water partition coefficient (Wildman–Crippen LogP) is 2.22. The van der Waals surface area contributed by atoms with Crippen LogP contribution in [0.3, 0.4) is 0 Å². The summed E-state index contributed by atoms with van der Waals surface area (Å²) in [6.07, 6.45) is 0. The molecule has 0 unspecified atom stereocenters. The Bertz CT molecular complexity index is 310. The van der Waals surface area contributed by atoms with Crippen molar-refractivity contribution in [2.24, 2.45) is 10.2 Å². The van der Waals surface area contributed by atoms with Gasteiger partial charge in [-0.1, -0.05) is 29.8 Å². The van der Waals surface area contributed by atoms with Gasteiger partial charge in [0.1, 0.15) is 0 Å². The van der Waals surface area contributed by atoms with Gasteiger partial charge in [0.2, 0.25) is 0 Å². The molecule has 0 bridgehead atoms. The van der Waals surface area contributed by atoms with Gasteiger partial charge in [-0.05, 0) is 6.92 Å². The van der Waals surface area contributed by atoms with E-state index in [0.29, 0.717) is 0 Å². The molecule has 1 heterocycles. The van der Waals surface area contributed by atoms with Crippen molar-refractivity contribution in [3.8, 4) is 0 Å². The summed E-state index contributed by atoms with van der Waals surface area (Å²) in [4.78, 5) is 0. The van der Waals surface area contributed by atoms with E-state index in [4.69, 9.17) is 4.74 Å². The summed E-state index contributed by atoms with van der Waals surface area (Å²) in [5, 5.41) is 7.71. The van der Waals surface area contributed by atoms with Crippen LogP contribution >= 0.6 is 0 Å². The lowest BCUT2D eigenvalue weighted by Gasteiger charge is -2.07. The molecule has 0 saturated carbocycles. The summed E-state index contributed by atoms with van der Waals surface area (Å²) < 4.78 is 5.14. The zero-order valence-electron chi connectivity index (χ0n) is 7.11. The van der Waals surface area contributed by atoms with Crippen molar-refractivity contribution >= 4 is 0 Å². The Labute approximate surface area is 71.1 Å². The third-order valence-corrected chi connectivity index (χ3v) is 1.99. The summed E-state index contributed by atoms with van der Waals surface area (Å²) in [6.45, 7) is 2.05. The maximum absolute atomic E-state index is 5.14. The number of methoxy groups -OCH3 is 1. The van der Waals surface area contributed by atoms with Crippen molar-refractivity contribution in [1.29, 1.82) is 0 Å². The normalized spacial score (nSPS) is 17.8. The van der Waals surface area contributed by atoms with Crippen LogP contribution in [-0.4, -0.2) is 7.11 Å². The van der Waals surface area contributed by atoms with E-state index in [1.54, 1.807) is 7.11 Å². The maximum atomic E-state index is 5.14. The van der Waals surface area contributed by atoms with E-state index < -0.39 is 5.85 Å². The fourth-order valence-corrected chi connectivity index (χ4v) is 1.13. The first-order chi connectivity index (χ1) is 5.77. The fourth-order valence-electron chi connectivity index (χ4n) is 1.13. The highest BCUT2D eigenvalue weighted by Gasteiger charge is 2.42. The van der Waals surface area contributed by atoms with E-state index in [1.165, 1.54) is 5.56 Å². The Hall–Kier alpha value is -1.22.